The van der Waals surface area contributed by atoms with Crippen LogP contribution >= 0.6 is 0 Å². The molecule has 4 nitrogen and oxygen atoms in total. The van der Waals surface area contributed by atoms with Gasteiger partial charge in [-0.1, -0.05) is 12.1 Å². The number of nitrogens with one attached hydrogen (secondary N) is 1. The van der Waals surface area contributed by atoms with Gasteiger partial charge in [0.2, 0.25) is 0 Å². The summed E-state index contributed by atoms with van der Waals surface area (Å²) in [5.41, 5.74) is 2.33. The SMILES string of the molecule is Cc1c(C(C)NC(=O)c2ccccc2F)cnn1-c1ccc(F)cc1. The molecule has 1 atom stereocenters. The van der Waals surface area contributed by atoms with Crippen LogP contribution in [0.1, 0.15) is 34.6 Å². The van der Waals surface area contributed by atoms with Gasteiger partial charge in [-0.25, -0.2) is 13.5 Å². The van der Waals surface area contributed by atoms with Crippen LogP contribution in [0.15, 0.2) is 54.7 Å². The van der Waals surface area contributed by atoms with Crippen molar-refractivity contribution in [1.29, 1.82) is 0 Å². The van der Waals surface area contributed by atoms with E-state index in [-0.39, 0.29) is 17.4 Å². The first-order valence-corrected chi connectivity index (χ1v) is 7.83. The second-order valence-corrected chi connectivity index (χ2v) is 5.75. The zero-order valence-corrected chi connectivity index (χ0v) is 13.8. The van der Waals surface area contributed by atoms with Crippen LogP contribution in [-0.4, -0.2) is 15.7 Å². The molecule has 1 heterocycles. The monoisotopic (exact) mass is 341 g/mol. The Bertz CT molecular complexity index is 903. The van der Waals surface area contributed by atoms with E-state index in [1.807, 2.05) is 6.92 Å². The standard InChI is InChI=1S/C19H17F2N3O/c1-12(23-19(25)16-5-3-4-6-18(16)21)17-11-22-24(13(17)2)15-9-7-14(20)8-10-15/h3-12H,1-2H3,(H,23,25). The van der Waals surface area contributed by atoms with Crippen molar-refractivity contribution in [2.45, 2.75) is 19.9 Å². The van der Waals surface area contributed by atoms with E-state index in [0.29, 0.717) is 0 Å². The molecular weight excluding hydrogens is 324 g/mol. The second-order valence-electron chi connectivity index (χ2n) is 5.75. The number of nitrogens with zero attached hydrogens (tertiary/aromatic N) is 2. The molecule has 1 amide bonds. The Morgan fingerprint density at radius 3 is 2.48 bits per heavy atom. The third-order valence-corrected chi connectivity index (χ3v) is 4.05. The molecule has 0 aliphatic heterocycles. The maximum Gasteiger partial charge on any atom is 0.254 e. The Labute approximate surface area is 144 Å². The average molecular weight is 341 g/mol. The molecule has 1 N–H and O–H groups in total. The molecule has 0 bridgehead atoms. The number of aromatic nitrogens is 2. The smallest absolute Gasteiger partial charge is 0.254 e. The van der Waals surface area contributed by atoms with E-state index in [2.05, 4.69) is 10.4 Å². The van der Waals surface area contributed by atoms with E-state index < -0.39 is 11.7 Å². The summed E-state index contributed by atoms with van der Waals surface area (Å²) >= 11 is 0. The van der Waals surface area contributed by atoms with Crippen molar-refractivity contribution in [3.8, 4) is 5.69 Å². The van der Waals surface area contributed by atoms with Crippen LogP contribution < -0.4 is 5.32 Å². The molecule has 3 rings (SSSR count). The lowest BCUT2D eigenvalue weighted by Gasteiger charge is -2.14. The number of carbonyl (C=O) groups excluding carboxylic acids is 1. The van der Waals surface area contributed by atoms with E-state index in [1.165, 1.54) is 30.3 Å². The van der Waals surface area contributed by atoms with Gasteiger partial charge in [-0.05, 0) is 50.2 Å². The maximum atomic E-state index is 13.7. The lowest BCUT2D eigenvalue weighted by atomic mass is 10.1. The van der Waals surface area contributed by atoms with E-state index >= 15 is 0 Å². The van der Waals surface area contributed by atoms with Crippen LogP contribution in [0.4, 0.5) is 8.78 Å². The Kier molecular flexibility index (Phi) is 4.61. The zero-order chi connectivity index (χ0) is 18.0. The van der Waals surface area contributed by atoms with Crippen molar-refractivity contribution in [2.75, 3.05) is 0 Å². The molecule has 0 aliphatic carbocycles. The van der Waals surface area contributed by atoms with Crippen LogP contribution in [-0.2, 0) is 0 Å². The van der Waals surface area contributed by atoms with Gasteiger partial charge in [-0.2, -0.15) is 5.10 Å². The van der Waals surface area contributed by atoms with Gasteiger partial charge in [0.05, 0.1) is 23.5 Å². The molecule has 3 aromatic rings. The van der Waals surface area contributed by atoms with Crippen molar-refractivity contribution < 1.29 is 13.6 Å². The molecule has 0 fully saturated rings. The molecule has 25 heavy (non-hydrogen) atoms. The Morgan fingerprint density at radius 2 is 1.80 bits per heavy atom. The minimum Gasteiger partial charge on any atom is -0.345 e. The van der Waals surface area contributed by atoms with Crippen LogP contribution in [0.2, 0.25) is 0 Å². The quantitative estimate of drug-likeness (QED) is 0.781. The summed E-state index contributed by atoms with van der Waals surface area (Å²) in [6.07, 6.45) is 1.64. The minimum atomic E-state index is -0.564. The second kappa shape index (κ2) is 6.84. The first-order chi connectivity index (χ1) is 12.0. The highest BCUT2D eigenvalue weighted by Crippen LogP contribution is 2.21. The minimum absolute atomic E-state index is 0.00192. The largest absolute Gasteiger partial charge is 0.345 e. The van der Waals surface area contributed by atoms with E-state index in [9.17, 15) is 13.6 Å². The molecule has 6 heteroatoms. The van der Waals surface area contributed by atoms with Gasteiger partial charge in [-0.15, -0.1) is 0 Å². The Morgan fingerprint density at radius 1 is 1.12 bits per heavy atom. The molecule has 0 aliphatic rings. The number of benzene rings is 2. The van der Waals surface area contributed by atoms with E-state index in [0.717, 1.165) is 16.9 Å². The first-order valence-electron chi connectivity index (χ1n) is 7.83. The number of carbonyl (C=O) groups is 1. The van der Waals surface area contributed by atoms with E-state index in [1.54, 1.807) is 36.0 Å². The van der Waals surface area contributed by atoms with Crippen molar-refractivity contribution in [2.24, 2.45) is 0 Å². The van der Waals surface area contributed by atoms with Gasteiger partial charge in [0, 0.05) is 11.3 Å². The third-order valence-electron chi connectivity index (χ3n) is 4.05. The number of hydrogen-bond donors (Lipinski definition) is 1. The van der Waals surface area contributed by atoms with Gasteiger partial charge in [-0.3, -0.25) is 4.79 Å². The summed E-state index contributed by atoms with van der Waals surface area (Å²) in [7, 11) is 0. The zero-order valence-electron chi connectivity index (χ0n) is 13.8. The number of halogens is 2. The van der Waals surface area contributed by atoms with Crippen LogP contribution in [0.5, 0.6) is 0 Å². The normalized spacial score (nSPS) is 12.0. The van der Waals surface area contributed by atoms with Gasteiger partial charge in [0.25, 0.3) is 5.91 Å². The fourth-order valence-corrected chi connectivity index (χ4v) is 2.69. The molecule has 0 spiro atoms. The van der Waals surface area contributed by atoms with Gasteiger partial charge >= 0.3 is 0 Å². The summed E-state index contributed by atoms with van der Waals surface area (Å²) in [6, 6.07) is 11.4. The Hall–Kier alpha value is -3.02. The molecule has 0 saturated carbocycles. The fourth-order valence-electron chi connectivity index (χ4n) is 2.69. The van der Waals surface area contributed by atoms with Gasteiger partial charge in [0.15, 0.2) is 0 Å². The molecule has 128 valence electrons. The first kappa shape index (κ1) is 16.8. The molecule has 1 unspecified atom stereocenters. The summed E-state index contributed by atoms with van der Waals surface area (Å²) in [5, 5.41) is 7.08. The van der Waals surface area contributed by atoms with Gasteiger partial charge in [0.1, 0.15) is 11.6 Å². The highest BCUT2D eigenvalue weighted by molar-refractivity contribution is 5.94. The lowest BCUT2D eigenvalue weighted by molar-refractivity contribution is 0.0935. The number of amides is 1. The number of rotatable bonds is 4. The fraction of sp³-hybridized carbons (Fsp3) is 0.158. The molecule has 0 radical (unpaired) electrons. The molecule has 1 aromatic heterocycles. The van der Waals surface area contributed by atoms with Gasteiger partial charge < -0.3 is 5.32 Å². The van der Waals surface area contributed by atoms with E-state index in [4.69, 9.17) is 0 Å². The van der Waals surface area contributed by atoms with Crippen molar-refractivity contribution in [1.82, 2.24) is 15.1 Å². The topological polar surface area (TPSA) is 46.9 Å². The molecule has 2 aromatic carbocycles. The van der Waals surface area contributed by atoms with Crippen LogP contribution in [0.25, 0.3) is 5.69 Å². The van der Waals surface area contributed by atoms with Crippen molar-refractivity contribution in [3.63, 3.8) is 0 Å². The summed E-state index contributed by atoms with van der Waals surface area (Å²) in [6.45, 7) is 3.66. The predicted molar refractivity (Wildman–Crippen MR) is 90.5 cm³/mol. The predicted octanol–water partition coefficient (Wildman–Crippen LogP) is 3.95. The maximum absolute atomic E-state index is 13.7. The van der Waals surface area contributed by atoms with Crippen molar-refractivity contribution >= 4 is 5.91 Å². The highest BCUT2D eigenvalue weighted by Gasteiger charge is 2.18. The Balaban J connectivity index is 1.81. The summed E-state index contributed by atoms with van der Waals surface area (Å²) in [4.78, 5) is 12.3. The molecule has 0 saturated heterocycles. The summed E-state index contributed by atoms with van der Waals surface area (Å²) in [5.74, 6) is -1.37. The van der Waals surface area contributed by atoms with Crippen LogP contribution in [0, 0.1) is 18.6 Å². The van der Waals surface area contributed by atoms with Crippen molar-refractivity contribution in [3.05, 3.63) is 83.2 Å². The summed E-state index contributed by atoms with van der Waals surface area (Å²) < 4.78 is 28.5. The van der Waals surface area contributed by atoms with Crippen LogP contribution in [0.3, 0.4) is 0 Å². The average Bonchev–Trinajstić information content (AvgIpc) is 2.97. The third kappa shape index (κ3) is 3.42. The molecular formula is C19H17F2N3O. The highest BCUT2D eigenvalue weighted by atomic mass is 19.1. The number of hydrogen-bond acceptors (Lipinski definition) is 2. The lowest BCUT2D eigenvalue weighted by Crippen LogP contribution is -2.27.